The molecule has 82 valence electrons. The van der Waals surface area contributed by atoms with Gasteiger partial charge in [0.15, 0.2) is 5.82 Å². The van der Waals surface area contributed by atoms with Crippen LogP contribution in [0.3, 0.4) is 0 Å². The number of nitrogens with zero attached hydrogens (tertiary/aromatic N) is 1. The van der Waals surface area contributed by atoms with Crippen LogP contribution in [0.25, 0.3) is 0 Å². The monoisotopic (exact) mass is 214 g/mol. The SMILES string of the molecule is Cc1c(N)noc1C1CC1c1ccccc1. The quantitative estimate of drug-likeness (QED) is 0.836. The smallest absolute Gasteiger partial charge is 0.170 e. The topological polar surface area (TPSA) is 52.0 Å². The molecule has 0 aliphatic heterocycles. The highest BCUT2D eigenvalue weighted by molar-refractivity contribution is 5.44. The van der Waals surface area contributed by atoms with Crippen LogP contribution in [0.1, 0.15) is 35.1 Å². The van der Waals surface area contributed by atoms with Gasteiger partial charge in [-0.3, -0.25) is 0 Å². The van der Waals surface area contributed by atoms with Crippen molar-refractivity contribution < 1.29 is 4.52 Å². The van der Waals surface area contributed by atoms with Crippen LogP contribution in [0.2, 0.25) is 0 Å². The zero-order valence-electron chi connectivity index (χ0n) is 9.18. The average molecular weight is 214 g/mol. The van der Waals surface area contributed by atoms with Crippen molar-refractivity contribution in [1.29, 1.82) is 0 Å². The molecule has 2 aromatic rings. The van der Waals surface area contributed by atoms with Gasteiger partial charge in [-0.05, 0) is 24.8 Å². The van der Waals surface area contributed by atoms with Gasteiger partial charge in [-0.1, -0.05) is 35.5 Å². The molecule has 0 bridgehead atoms. The first kappa shape index (κ1) is 9.46. The molecular formula is C13H14N2O. The van der Waals surface area contributed by atoms with E-state index in [1.807, 2.05) is 13.0 Å². The molecule has 0 spiro atoms. The second-order valence-electron chi connectivity index (χ2n) is 4.42. The van der Waals surface area contributed by atoms with Crippen molar-refractivity contribution in [3.8, 4) is 0 Å². The molecule has 0 saturated heterocycles. The van der Waals surface area contributed by atoms with Gasteiger partial charge in [-0.15, -0.1) is 0 Å². The third-order valence-corrected chi connectivity index (χ3v) is 3.35. The molecule has 1 fully saturated rings. The van der Waals surface area contributed by atoms with Crippen LogP contribution in [-0.2, 0) is 0 Å². The molecule has 1 aromatic heterocycles. The number of hydrogen-bond acceptors (Lipinski definition) is 3. The molecule has 3 nitrogen and oxygen atoms in total. The standard InChI is InChI=1S/C13H14N2O/c1-8-12(16-15-13(8)14)11-7-10(11)9-5-3-2-4-6-9/h2-6,10-11H,7H2,1H3,(H2,14,15). The summed E-state index contributed by atoms with van der Waals surface area (Å²) >= 11 is 0. The molecule has 1 aliphatic rings. The Labute approximate surface area is 94.2 Å². The largest absolute Gasteiger partial charge is 0.381 e. The number of benzene rings is 1. The molecule has 0 amide bonds. The fourth-order valence-corrected chi connectivity index (χ4v) is 2.26. The maximum absolute atomic E-state index is 5.69. The van der Waals surface area contributed by atoms with Gasteiger partial charge in [0.05, 0.1) is 0 Å². The lowest BCUT2D eigenvalue weighted by Gasteiger charge is -1.98. The summed E-state index contributed by atoms with van der Waals surface area (Å²) in [6, 6.07) is 10.5. The van der Waals surface area contributed by atoms with E-state index in [-0.39, 0.29) is 0 Å². The predicted octanol–water partition coefficient (Wildman–Crippen LogP) is 2.84. The van der Waals surface area contributed by atoms with Gasteiger partial charge in [0, 0.05) is 11.5 Å². The summed E-state index contributed by atoms with van der Waals surface area (Å²) in [5.74, 6) is 2.53. The van der Waals surface area contributed by atoms with Gasteiger partial charge in [0.25, 0.3) is 0 Å². The second-order valence-corrected chi connectivity index (χ2v) is 4.42. The first-order chi connectivity index (χ1) is 7.77. The van der Waals surface area contributed by atoms with E-state index in [9.17, 15) is 0 Å². The van der Waals surface area contributed by atoms with Crippen LogP contribution in [-0.4, -0.2) is 5.16 Å². The summed E-state index contributed by atoms with van der Waals surface area (Å²) in [5, 5.41) is 3.81. The molecule has 2 atom stereocenters. The summed E-state index contributed by atoms with van der Waals surface area (Å²) in [6.45, 7) is 1.97. The number of rotatable bonds is 2. The molecule has 2 N–H and O–H groups in total. The van der Waals surface area contributed by atoms with E-state index in [2.05, 4.69) is 29.4 Å². The number of aromatic nitrogens is 1. The van der Waals surface area contributed by atoms with E-state index in [1.165, 1.54) is 5.56 Å². The number of hydrogen-bond donors (Lipinski definition) is 1. The molecule has 3 rings (SSSR count). The molecule has 1 aliphatic carbocycles. The highest BCUT2D eigenvalue weighted by Crippen LogP contribution is 2.55. The van der Waals surface area contributed by atoms with E-state index in [0.717, 1.165) is 17.7 Å². The van der Waals surface area contributed by atoms with E-state index >= 15 is 0 Å². The van der Waals surface area contributed by atoms with Gasteiger partial charge in [-0.25, -0.2) is 0 Å². The van der Waals surface area contributed by atoms with Gasteiger partial charge in [0.1, 0.15) is 5.76 Å². The van der Waals surface area contributed by atoms with Crippen LogP contribution in [0.15, 0.2) is 34.9 Å². The van der Waals surface area contributed by atoms with Crippen molar-refractivity contribution in [2.45, 2.75) is 25.2 Å². The normalized spacial score (nSPS) is 23.3. The summed E-state index contributed by atoms with van der Waals surface area (Å²) in [5.41, 5.74) is 8.07. The maximum atomic E-state index is 5.69. The first-order valence-corrected chi connectivity index (χ1v) is 5.54. The Morgan fingerprint density at radius 2 is 2.00 bits per heavy atom. The highest BCUT2D eigenvalue weighted by atomic mass is 16.5. The van der Waals surface area contributed by atoms with E-state index in [0.29, 0.717) is 17.7 Å². The molecule has 2 unspecified atom stereocenters. The lowest BCUT2D eigenvalue weighted by molar-refractivity contribution is 0.384. The van der Waals surface area contributed by atoms with Crippen molar-refractivity contribution >= 4 is 5.82 Å². The van der Waals surface area contributed by atoms with Crippen molar-refractivity contribution in [3.63, 3.8) is 0 Å². The lowest BCUT2D eigenvalue weighted by atomic mass is 10.1. The molecule has 1 heterocycles. The van der Waals surface area contributed by atoms with Crippen LogP contribution in [0, 0.1) is 6.92 Å². The van der Waals surface area contributed by atoms with E-state index in [1.54, 1.807) is 0 Å². The van der Waals surface area contributed by atoms with Crippen LogP contribution in [0.5, 0.6) is 0 Å². The Hall–Kier alpha value is -1.77. The van der Waals surface area contributed by atoms with Crippen molar-refractivity contribution in [3.05, 3.63) is 47.2 Å². The summed E-state index contributed by atoms with van der Waals surface area (Å²) in [7, 11) is 0. The number of nitrogens with two attached hydrogens (primary N) is 1. The van der Waals surface area contributed by atoms with Crippen molar-refractivity contribution in [2.24, 2.45) is 0 Å². The van der Waals surface area contributed by atoms with Crippen molar-refractivity contribution in [2.75, 3.05) is 5.73 Å². The average Bonchev–Trinajstić information content (AvgIpc) is 3.04. The van der Waals surface area contributed by atoms with Gasteiger partial charge >= 0.3 is 0 Å². The Morgan fingerprint density at radius 3 is 2.62 bits per heavy atom. The van der Waals surface area contributed by atoms with Gasteiger partial charge in [0.2, 0.25) is 0 Å². The fourth-order valence-electron chi connectivity index (χ4n) is 2.26. The van der Waals surface area contributed by atoms with Crippen molar-refractivity contribution in [1.82, 2.24) is 5.16 Å². The molecule has 3 heteroatoms. The minimum absolute atomic E-state index is 0.465. The van der Waals surface area contributed by atoms with Crippen LogP contribution in [0.4, 0.5) is 5.82 Å². The zero-order valence-corrected chi connectivity index (χ0v) is 9.18. The third kappa shape index (κ3) is 1.40. The number of anilines is 1. The summed E-state index contributed by atoms with van der Waals surface area (Å²) in [4.78, 5) is 0. The molecule has 1 aromatic carbocycles. The lowest BCUT2D eigenvalue weighted by Crippen LogP contribution is -1.88. The summed E-state index contributed by atoms with van der Waals surface area (Å²) < 4.78 is 5.30. The van der Waals surface area contributed by atoms with Crippen LogP contribution >= 0.6 is 0 Å². The molecule has 1 saturated carbocycles. The fraction of sp³-hybridized carbons (Fsp3) is 0.308. The Bertz CT molecular complexity index is 504. The minimum atomic E-state index is 0.465. The Balaban J connectivity index is 1.85. The Kier molecular flexibility index (Phi) is 1.99. The van der Waals surface area contributed by atoms with E-state index < -0.39 is 0 Å². The van der Waals surface area contributed by atoms with Gasteiger partial charge in [-0.2, -0.15) is 0 Å². The Morgan fingerprint density at radius 1 is 1.25 bits per heavy atom. The maximum Gasteiger partial charge on any atom is 0.170 e. The summed E-state index contributed by atoms with van der Waals surface area (Å²) in [6.07, 6.45) is 1.14. The first-order valence-electron chi connectivity index (χ1n) is 5.54. The minimum Gasteiger partial charge on any atom is -0.381 e. The highest BCUT2D eigenvalue weighted by Gasteiger charge is 2.43. The zero-order chi connectivity index (χ0) is 11.1. The van der Waals surface area contributed by atoms with E-state index in [4.69, 9.17) is 10.3 Å². The third-order valence-electron chi connectivity index (χ3n) is 3.35. The number of nitrogen functional groups attached to an aromatic ring is 1. The van der Waals surface area contributed by atoms with Gasteiger partial charge < -0.3 is 10.3 Å². The predicted molar refractivity (Wildman–Crippen MR) is 62.2 cm³/mol. The molecule has 0 radical (unpaired) electrons. The van der Waals surface area contributed by atoms with Crippen LogP contribution < -0.4 is 5.73 Å². The molecular weight excluding hydrogens is 200 g/mol. The molecule has 16 heavy (non-hydrogen) atoms. The second kappa shape index (κ2) is 3.37.